The fourth-order valence-electron chi connectivity index (χ4n) is 2.71. The van der Waals surface area contributed by atoms with Crippen molar-refractivity contribution >= 4 is 17.6 Å². The first kappa shape index (κ1) is 13.4. The van der Waals surface area contributed by atoms with Gasteiger partial charge in [-0.05, 0) is 50.7 Å². The van der Waals surface area contributed by atoms with Crippen LogP contribution in [0.25, 0.3) is 0 Å². The fraction of sp³-hybridized carbons (Fsp3) is 0.500. The van der Waals surface area contributed by atoms with Gasteiger partial charge in [0.1, 0.15) is 0 Å². The Kier molecular flexibility index (Phi) is 3.93. The third kappa shape index (κ3) is 2.85. The first-order chi connectivity index (χ1) is 8.52. The van der Waals surface area contributed by atoms with Gasteiger partial charge >= 0.3 is 5.97 Å². The van der Waals surface area contributed by atoms with Gasteiger partial charge in [0.05, 0.1) is 6.42 Å². The first-order valence-corrected chi connectivity index (χ1v) is 6.56. The summed E-state index contributed by atoms with van der Waals surface area (Å²) in [6.07, 6.45) is 1.97. The Morgan fingerprint density at radius 3 is 2.39 bits per heavy atom. The summed E-state index contributed by atoms with van der Waals surface area (Å²) in [6.45, 7) is 1.88. The van der Waals surface area contributed by atoms with Crippen LogP contribution >= 0.6 is 11.6 Å². The minimum Gasteiger partial charge on any atom is -0.481 e. The molecular weight excluding hydrogens is 250 g/mol. The molecule has 1 aromatic rings. The molecule has 1 aliphatic rings. The van der Waals surface area contributed by atoms with Gasteiger partial charge in [-0.1, -0.05) is 23.7 Å². The summed E-state index contributed by atoms with van der Waals surface area (Å²) >= 11 is 5.90. The maximum Gasteiger partial charge on any atom is 0.304 e. The normalized spacial score (nSPS) is 19.7. The topological polar surface area (TPSA) is 40.5 Å². The number of rotatable bonds is 3. The van der Waals surface area contributed by atoms with Gasteiger partial charge in [-0.15, -0.1) is 0 Å². The molecule has 0 radical (unpaired) electrons. The fourth-order valence-corrected chi connectivity index (χ4v) is 2.83. The maximum atomic E-state index is 11.2. The largest absolute Gasteiger partial charge is 0.481 e. The van der Waals surface area contributed by atoms with Crippen LogP contribution in [0.3, 0.4) is 0 Å². The Morgan fingerprint density at radius 1 is 1.33 bits per heavy atom. The van der Waals surface area contributed by atoms with Gasteiger partial charge in [0.2, 0.25) is 0 Å². The van der Waals surface area contributed by atoms with Gasteiger partial charge in [-0.3, -0.25) is 4.79 Å². The first-order valence-electron chi connectivity index (χ1n) is 6.18. The van der Waals surface area contributed by atoms with Crippen LogP contribution in [0.2, 0.25) is 5.02 Å². The van der Waals surface area contributed by atoms with E-state index in [1.807, 2.05) is 24.3 Å². The number of carboxylic acid groups (broad SMARTS) is 1. The molecule has 0 saturated carbocycles. The second kappa shape index (κ2) is 5.29. The quantitative estimate of drug-likeness (QED) is 0.916. The lowest BCUT2D eigenvalue weighted by Gasteiger charge is -2.40. The van der Waals surface area contributed by atoms with Gasteiger partial charge in [0.25, 0.3) is 0 Å². The molecule has 98 valence electrons. The van der Waals surface area contributed by atoms with Gasteiger partial charge in [-0.2, -0.15) is 0 Å². The van der Waals surface area contributed by atoms with E-state index in [9.17, 15) is 9.90 Å². The zero-order valence-electron chi connectivity index (χ0n) is 10.5. The lowest BCUT2D eigenvalue weighted by atomic mass is 9.70. The number of benzene rings is 1. The van der Waals surface area contributed by atoms with E-state index in [2.05, 4.69) is 11.9 Å². The average molecular weight is 268 g/mol. The number of carbonyl (C=O) groups is 1. The Balaban J connectivity index is 2.29. The lowest BCUT2D eigenvalue weighted by Crippen LogP contribution is -2.42. The summed E-state index contributed by atoms with van der Waals surface area (Å²) in [5, 5.41) is 9.86. The van der Waals surface area contributed by atoms with Crippen LogP contribution < -0.4 is 0 Å². The number of carboxylic acids is 1. The van der Waals surface area contributed by atoms with Crippen molar-refractivity contribution in [3.63, 3.8) is 0 Å². The standard InChI is InChI=1S/C14H18ClNO2/c1-16-8-6-14(7-9-16,10-13(17)18)11-2-4-12(15)5-3-11/h2-5H,6-10H2,1H3,(H,17,18). The van der Waals surface area contributed by atoms with Crippen molar-refractivity contribution in [3.05, 3.63) is 34.9 Å². The van der Waals surface area contributed by atoms with E-state index in [1.165, 1.54) is 0 Å². The molecule has 0 aliphatic carbocycles. The molecule has 1 heterocycles. The van der Waals surface area contributed by atoms with E-state index >= 15 is 0 Å². The predicted molar refractivity (Wildman–Crippen MR) is 72.1 cm³/mol. The number of aliphatic carboxylic acids is 1. The van der Waals surface area contributed by atoms with Crippen molar-refractivity contribution < 1.29 is 9.90 Å². The second-order valence-electron chi connectivity index (χ2n) is 5.16. The molecule has 0 atom stereocenters. The van der Waals surface area contributed by atoms with Crippen molar-refractivity contribution in [1.82, 2.24) is 4.90 Å². The lowest BCUT2D eigenvalue weighted by molar-refractivity contribution is -0.139. The van der Waals surface area contributed by atoms with Crippen molar-refractivity contribution in [2.24, 2.45) is 0 Å². The molecule has 1 fully saturated rings. The molecule has 0 bridgehead atoms. The molecule has 1 saturated heterocycles. The van der Waals surface area contributed by atoms with Gasteiger partial charge in [-0.25, -0.2) is 0 Å². The van der Waals surface area contributed by atoms with Crippen LogP contribution in [0.4, 0.5) is 0 Å². The number of nitrogens with zero attached hydrogens (tertiary/aromatic N) is 1. The summed E-state index contributed by atoms with van der Waals surface area (Å²) in [5.74, 6) is -0.727. The molecule has 1 aromatic carbocycles. The predicted octanol–water partition coefficient (Wildman–Crippen LogP) is 2.78. The summed E-state index contributed by atoms with van der Waals surface area (Å²) < 4.78 is 0. The number of hydrogen-bond acceptors (Lipinski definition) is 2. The molecule has 0 spiro atoms. The van der Waals surface area contributed by atoms with Crippen LogP contribution in [-0.4, -0.2) is 36.1 Å². The molecule has 0 unspecified atom stereocenters. The number of piperidine rings is 1. The maximum absolute atomic E-state index is 11.2. The van der Waals surface area contributed by atoms with Crippen LogP contribution in [0.1, 0.15) is 24.8 Å². The van der Waals surface area contributed by atoms with Crippen molar-refractivity contribution in [2.75, 3.05) is 20.1 Å². The number of halogens is 1. The molecule has 4 heteroatoms. The highest BCUT2D eigenvalue weighted by Crippen LogP contribution is 2.38. The van der Waals surface area contributed by atoms with Crippen LogP contribution in [0, 0.1) is 0 Å². The third-order valence-corrected chi connectivity index (χ3v) is 4.14. The monoisotopic (exact) mass is 267 g/mol. The van der Waals surface area contributed by atoms with E-state index in [4.69, 9.17) is 11.6 Å². The van der Waals surface area contributed by atoms with Gasteiger partial charge in [0.15, 0.2) is 0 Å². The second-order valence-corrected chi connectivity index (χ2v) is 5.60. The molecule has 0 amide bonds. The molecular formula is C14H18ClNO2. The number of hydrogen-bond donors (Lipinski definition) is 1. The molecule has 0 aromatic heterocycles. The van der Waals surface area contributed by atoms with Crippen molar-refractivity contribution in [3.8, 4) is 0 Å². The smallest absolute Gasteiger partial charge is 0.304 e. The van der Waals surface area contributed by atoms with E-state index in [0.717, 1.165) is 31.5 Å². The Morgan fingerprint density at radius 2 is 1.89 bits per heavy atom. The average Bonchev–Trinajstić information content (AvgIpc) is 2.33. The highest BCUT2D eigenvalue weighted by atomic mass is 35.5. The van der Waals surface area contributed by atoms with E-state index in [1.54, 1.807) is 0 Å². The molecule has 1 N–H and O–H groups in total. The summed E-state index contributed by atoms with van der Waals surface area (Å²) in [6, 6.07) is 7.63. The molecule has 1 aliphatic heterocycles. The summed E-state index contributed by atoms with van der Waals surface area (Å²) in [7, 11) is 2.08. The Hall–Kier alpha value is -1.06. The molecule has 3 nitrogen and oxygen atoms in total. The zero-order chi connectivity index (χ0) is 13.2. The van der Waals surface area contributed by atoms with Gasteiger partial charge in [0, 0.05) is 10.4 Å². The molecule has 18 heavy (non-hydrogen) atoms. The highest BCUT2D eigenvalue weighted by molar-refractivity contribution is 6.30. The Bertz CT molecular complexity index is 422. The third-order valence-electron chi connectivity index (χ3n) is 3.89. The zero-order valence-corrected chi connectivity index (χ0v) is 11.3. The van der Waals surface area contributed by atoms with Gasteiger partial charge < -0.3 is 10.0 Å². The number of likely N-dealkylation sites (tertiary alicyclic amines) is 1. The van der Waals surface area contributed by atoms with Crippen molar-refractivity contribution in [2.45, 2.75) is 24.7 Å². The van der Waals surface area contributed by atoms with Crippen LogP contribution in [0.5, 0.6) is 0 Å². The molecule has 2 rings (SSSR count). The van der Waals surface area contributed by atoms with Crippen LogP contribution in [-0.2, 0) is 10.2 Å². The van der Waals surface area contributed by atoms with Crippen LogP contribution in [0.15, 0.2) is 24.3 Å². The Labute approximate surface area is 112 Å². The van der Waals surface area contributed by atoms with E-state index in [-0.39, 0.29) is 11.8 Å². The SMILES string of the molecule is CN1CCC(CC(=O)O)(c2ccc(Cl)cc2)CC1. The summed E-state index contributed by atoms with van der Waals surface area (Å²) in [4.78, 5) is 13.4. The highest BCUT2D eigenvalue weighted by Gasteiger charge is 2.37. The van der Waals surface area contributed by atoms with E-state index < -0.39 is 5.97 Å². The summed E-state index contributed by atoms with van der Waals surface area (Å²) in [5.41, 5.74) is 0.866. The van der Waals surface area contributed by atoms with Crippen molar-refractivity contribution in [1.29, 1.82) is 0 Å². The minimum atomic E-state index is -0.727. The van der Waals surface area contributed by atoms with E-state index in [0.29, 0.717) is 5.02 Å². The minimum absolute atomic E-state index is 0.197.